The van der Waals surface area contributed by atoms with Crippen molar-refractivity contribution in [3.63, 3.8) is 0 Å². The molecular weight excluding hydrogens is 236 g/mol. The Balaban J connectivity index is 2.78. The number of rotatable bonds is 4. The lowest BCUT2D eigenvalue weighted by Crippen LogP contribution is -2.54. The Labute approximate surface area is 108 Å². The van der Waals surface area contributed by atoms with E-state index in [-0.39, 0.29) is 5.91 Å². The zero-order chi connectivity index (χ0) is 14.1. The molecule has 0 aromatic rings. The minimum absolute atomic E-state index is 0.152. The van der Waals surface area contributed by atoms with E-state index >= 15 is 0 Å². The van der Waals surface area contributed by atoms with Gasteiger partial charge in [-0.05, 0) is 27.9 Å². The van der Waals surface area contributed by atoms with E-state index in [9.17, 15) is 9.90 Å². The van der Waals surface area contributed by atoms with E-state index in [2.05, 4.69) is 0 Å². The number of nitrogens with zero attached hydrogens (tertiary/aromatic N) is 2. The van der Waals surface area contributed by atoms with Crippen LogP contribution in [-0.2, 0) is 14.3 Å². The molecule has 0 spiro atoms. The largest absolute Gasteiger partial charge is 0.388 e. The Morgan fingerprint density at radius 2 is 1.89 bits per heavy atom. The van der Waals surface area contributed by atoms with Crippen LogP contribution in [0.2, 0.25) is 0 Å². The molecule has 18 heavy (non-hydrogen) atoms. The molecule has 0 unspecified atom stereocenters. The highest BCUT2D eigenvalue weighted by Crippen LogP contribution is 2.26. The average molecular weight is 260 g/mol. The van der Waals surface area contributed by atoms with Gasteiger partial charge in [0.05, 0.1) is 6.61 Å². The lowest BCUT2D eigenvalue weighted by Gasteiger charge is -2.32. The van der Waals surface area contributed by atoms with Crippen LogP contribution < -0.4 is 0 Å². The van der Waals surface area contributed by atoms with Crippen molar-refractivity contribution < 1.29 is 19.4 Å². The molecular formula is C12H24N2O4. The first-order valence-electron chi connectivity index (χ1n) is 6.03. The third kappa shape index (κ3) is 3.41. The Bertz CT molecular complexity index is 304. The lowest BCUT2D eigenvalue weighted by molar-refractivity contribution is -0.162. The Morgan fingerprint density at radius 3 is 2.22 bits per heavy atom. The first-order chi connectivity index (χ1) is 8.15. The summed E-state index contributed by atoms with van der Waals surface area (Å²) in [6.45, 7) is 3.87. The van der Waals surface area contributed by atoms with E-state index in [0.717, 1.165) is 0 Å². The van der Waals surface area contributed by atoms with E-state index in [1.807, 2.05) is 0 Å². The number of aliphatic hydroxyl groups is 1. The van der Waals surface area contributed by atoms with Crippen molar-refractivity contribution in [2.24, 2.45) is 0 Å². The first-order valence-corrected chi connectivity index (χ1v) is 6.03. The second-order valence-corrected chi connectivity index (χ2v) is 5.50. The Morgan fingerprint density at radius 1 is 1.33 bits per heavy atom. The summed E-state index contributed by atoms with van der Waals surface area (Å²) in [5.41, 5.74) is 0. The van der Waals surface area contributed by atoms with Crippen LogP contribution in [0.25, 0.3) is 0 Å². The van der Waals surface area contributed by atoms with E-state index in [1.165, 1.54) is 4.90 Å². The number of carbonyl (C=O) groups is 1. The lowest BCUT2D eigenvalue weighted by atomic mass is 10.0. The fraction of sp³-hybridized carbons (Fsp3) is 0.917. The molecule has 0 aromatic carbocycles. The van der Waals surface area contributed by atoms with Crippen LogP contribution in [0.5, 0.6) is 0 Å². The zero-order valence-corrected chi connectivity index (χ0v) is 12.0. The van der Waals surface area contributed by atoms with Gasteiger partial charge in [0.25, 0.3) is 0 Å². The topological polar surface area (TPSA) is 62.2 Å². The molecule has 0 bridgehead atoms. The van der Waals surface area contributed by atoms with Gasteiger partial charge in [-0.15, -0.1) is 0 Å². The second-order valence-electron chi connectivity index (χ2n) is 5.50. The van der Waals surface area contributed by atoms with Crippen LogP contribution in [0.1, 0.15) is 13.8 Å². The molecule has 1 aliphatic rings. The molecule has 0 radical (unpaired) electrons. The van der Waals surface area contributed by atoms with Crippen LogP contribution in [0.3, 0.4) is 0 Å². The number of aliphatic hydroxyl groups excluding tert-OH is 1. The summed E-state index contributed by atoms with van der Waals surface area (Å²) in [4.78, 5) is 15.2. The fourth-order valence-electron chi connectivity index (χ4n) is 2.02. The molecule has 3 atom stereocenters. The van der Waals surface area contributed by atoms with Gasteiger partial charge < -0.3 is 19.5 Å². The maximum atomic E-state index is 12.1. The molecule has 106 valence electrons. The van der Waals surface area contributed by atoms with Crippen molar-refractivity contribution in [3.05, 3.63) is 0 Å². The summed E-state index contributed by atoms with van der Waals surface area (Å²) >= 11 is 0. The van der Waals surface area contributed by atoms with Gasteiger partial charge in [-0.3, -0.25) is 9.69 Å². The number of carbonyl (C=O) groups excluding carboxylic acids is 1. The third-order valence-corrected chi connectivity index (χ3v) is 2.98. The molecule has 1 rings (SSSR count). The number of amides is 1. The number of ether oxygens (including phenoxy) is 2. The van der Waals surface area contributed by atoms with Crippen molar-refractivity contribution in [2.45, 2.75) is 37.9 Å². The van der Waals surface area contributed by atoms with Crippen molar-refractivity contribution in [1.82, 2.24) is 9.80 Å². The molecule has 6 nitrogen and oxygen atoms in total. The summed E-state index contributed by atoms with van der Waals surface area (Å²) in [7, 11) is 6.86. The summed E-state index contributed by atoms with van der Waals surface area (Å²) in [6.07, 6.45) is -1.41. The SMILES string of the molecule is CN(C)C(=O)[C@@H]([C@H](O)[C@H]1COC(C)(C)O1)N(C)C. The molecule has 6 heteroatoms. The van der Waals surface area contributed by atoms with Gasteiger partial charge in [-0.2, -0.15) is 0 Å². The second kappa shape index (κ2) is 5.52. The van der Waals surface area contributed by atoms with Crippen LogP contribution in [0.4, 0.5) is 0 Å². The van der Waals surface area contributed by atoms with Gasteiger partial charge in [-0.25, -0.2) is 0 Å². The van der Waals surface area contributed by atoms with Gasteiger partial charge in [0, 0.05) is 14.1 Å². The molecule has 0 aliphatic carbocycles. The maximum Gasteiger partial charge on any atom is 0.242 e. The summed E-state index contributed by atoms with van der Waals surface area (Å²) in [5.74, 6) is -0.857. The maximum absolute atomic E-state index is 12.1. The summed E-state index contributed by atoms with van der Waals surface area (Å²) in [5, 5.41) is 10.3. The van der Waals surface area contributed by atoms with Gasteiger partial charge in [0.15, 0.2) is 5.79 Å². The van der Waals surface area contributed by atoms with E-state index in [1.54, 1.807) is 46.9 Å². The fourth-order valence-corrected chi connectivity index (χ4v) is 2.02. The number of hydrogen-bond donors (Lipinski definition) is 1. The van der Waals surface area contributed by atoms with Gasteiger partial charge in [0.2, 0.25) is 5.91 Å². The van der Waals surface area contributed by atoms with Crippen molar-refractivity contribution in [3.8, 4) is 0 Å². The highest BCUT2D eigenvalue weighted by atomic mass is 16.7. The third-order valence-electron chi connectivity index (χ3n) is 2.98. The highest BCUT2D eigenvalue weighted by Gasteiger charge is 2.43. The molecule has 0 aromatic heterocycles. The average Bonchev–Trinajstić information content (AvgIpc) is 2.58. The van der Waals surface area contributed by atoms with Crippen molar-refractivity contribution >= 4 is 5.91 Å². The van der Waals surface area contributed by atoms with E-state index in [0.29, 0.717) is 6.61 Å². The minimum Gasteiger partial charge on any atom is -0.388 e. The van der Waals surface area contributed by atoms with Crippen LogP contribution >= 0.6 is 0 Å². The molecule has 1 N–H and O–H groups in total. The number of hydrogen-bond acceptors (Lipinski definition) is 5. The van der Waals surface area contributed by atoms with Crippen molar-refractivity contribution in [1.29, 1.82) is 0 Å². The molecule has 1 heterocycles. The van der Waals surface area contributed by atoms with Gasteiger partial charge in [-0.1, -0.05) is 0 Å². The molecule has 0 saturated carbocycles. The predicted molar refractivity (Wildman–Crippen MR) is 67.1 cm³/mol. The first kappa shape index (κ1) is 15.4. The quantitative estimate of drug-likeness (QED) is 0.739. The van der Waals surface area contributed by atoms with E-state index < -0.39 is 24.0 Å². The number of likely N-dealkylation sites (N-methyl/N-ethyl adjacent to an activating group) is 2. The molecule has 1 aliphatic heterocycles. The highest BCUT2D eigenvalue weighted by molar-refractivity contribution is 5.82. The van der Waals surface area contributed by atoms with Crippen LogP contribution in [0.15, 0.2) is 0 Å². The smallest absolute Gasteiger partial charge is 0.242 e. The minimum atomic E-state index is -0.920. The van der Waals surface area contributed by atoms with Gasteiger partial charge >= 0.3 is 0 Å². The van der Waals surface area contributed by atoms with Crippen LogP contribution in [0, 0.1) is 0 Å². The monoisotopic (exact) mass is 260 g/mol. The summed E-state index contributed by atoms with van der Waals surface area (Å²) in [6, 6.07) is -0.637. The molecule has 1 fully saturated rings. The van der Waals surface area contributed by atoms with Crippen molar-refractivity contribution in [2.75, 3.05) is 34.8 Å². The van der Waals surface area contributed by atoms with Gasteiger partial charge in [0.1, 0.15) is 18.2 Å². The van der Waals surface area contributed by atoms with E-state index in [4.69, 9.17) is 9.47 Å². The molecule has 1 saturated heterocycles. The Kier molecular flexibility index (Phi) is 4.72. The van der Waals surface area contributed by atoms with Crippen LogP contribution in [-0.4, -0.2) is 79.6 Å². The Hall–Kier alpha value is -0.690. The molecule has 1 amide bonds. The summed E-state index contributed by atoms with van der Waals surface area (Å²) < 4.78 is 11.0. The normalized spacial score (nSPS) is 26.1. The predicted octanol–water partition coefficient (Wildman–Crippen LogP) is -0.483. The standard InChI is InChI=1S/C12H24N2O4/c1-12(2)17-7-8(18-12)10(15)9(13(3)4)11(16)14(5)6/h8-10,15H,7H2,1-6H3/t8-,9-,10-/m1/s1. The zero-order valence-electron chi connectivity index (χ0n) is 12.0.